The molecule has 1 aliphatic heterocycles. The first-order valence-corrected chi connectivity index (χ1v) is 10.6. The van der Waals surface area contributed by atoms with Gasteiger partial charge in [-0.1, -0.05) is 12.1 Å². The normalized spacial score (nSPS) is 15.9. The number of thioether (sulfide) groups is 1. The maximum atomic E-state index is 12.5. The van der Waals surface area contributed by atoms with E-state index >= 15 is 0 Å². The van der Waals surface area contributed by atoms with Crippen molar-refractivity contribution >= 4 is 40.6 Å². The first kappa shape index (κ1) is 21.5. The van der Waals surface area contributed by atoms with Crippen LogP contribution in [0, 0.1) is 13.8 Å². The molecule has 4 rings (SSSR count). The molecular weight excluding hydrogens is 426 g/mol. The first-order valence-electron chi connectivity index (χ1n) is 9.82. The van der Waals surface area contributed by atoms with Gasteiger partial charge in [0.1, 0.15) is 5.75 Å². The molecule has 32 heavy (non-hydrogen) atoms. The Labute approximate surface area is 189 Å². The highest BCUT2D eigenvalue weighted by atomic mass is 32.2. The Hall–Kier alpha value is -3.78. The molecule has 0 radical (unpaired) electrons. The van der Waals surface area contributed by atoms with Gasteiger partial charge in [0.05, 0.1) is 29.0 Å². The van der Waals surface area contributed by atoms with Gasteiger partial charge in [0.25, 0.3) is 5.91 Å². The minimum Gasteiger partial charge on any atom is -0.497 e. The number of hydrogen-bond acceptors (Lipinski definition) is 5. The van der Waals surface area contributed by atoms with Crippen LogP contribution in [0.3, 0.4) is 0 Å². The molecule has 0 spiro atoms. The van der Waals surface area contributed by atoms with Gasteiger partial charge in [-0.05, 0) is 79.7 Å². The summed E-state index contributed by atoms with van der Waals surface area (Å²) < 4.78 is 7.04. The molecular formula is C24H21N3O4S. The molecule has 0 unspecified atom stereocenters. The number of methoxy groups -OCH3 is 1. The van der Waals surface area contributed by atoms with Gasteiger partial charge in [-0.15, -0.1) is 0 Å². The highest BCUT2D eigenvalue weighted by molar-refractivity contribution is 8.18. The molecule has 2 N–H and O–H groups in total. The molecule has 2 heterocycles. The van der Waals surface area contributed by atoms with Gasteiger partial charge < -0.3 is 19.7 Å². The molecule has 0 aliphatic carbocycles. The SMILES string of the molecule is COc1ccc(N=C2NC(=O)/C(=C/c3cc(C)n(-c4ccccc4C(=O)O)c3C)S2)cc1. The minimum absolute atomic E-state index is 0.218. The predicted octanol–water partition coefficient (Wildman–Crippen LogP) is 4.69. The third-order valence-corrected chi connectivity index (χ3v) is 6.00. The van der Waals surface area contributed by atoms with Gasteiger partial charge in [-0.3, -0.25) is 4.79 Å². The molecule has 1 amide bonds. The highest BCUT2D eigenvalue weighted by Gasteiger charge is 2.25. The number of carbonyl (C=O) groups excluding carboxylic acids is 1. The number of hydrogen-bond donors (Lipinski definition) is 2. The maximum Gasteiger partial charge on any atom is 0.337 e. The summed E-state index contributed by atoms with van der Waals surface area (Å²) in [6, 6.07) is 16.0. The first-order chi connectivity index (χ1) is 15.4. The number of amidine groups is 1. The van der Waals surface area contributed by atoms with E-state index in [1.54, 1.807) is 49.6 Å². The number of amides is 1. The van der Waals surface area contributed by atoms with Crippen molar-refractivity contribution in [3.63, 3.8) is 0 Å². The van der Waals surface area contributed by atoms with Gasteiger partial charge in [0, 0.05) is 11.4 Å². The van der Waals surface area contributed by atoms with Crippen LogP contribution in [0.15, 0.2) is 64.5 Å². The fourth-order valence-corrected chi connectivity index (χ4v) is 4.38. The number of aromatic nitrogens is 1. The fraction of sp³-hybridized carbons (Fsp3) is 0.125. The zero-order valence-corrected chi connectivity index (χ0v) is 18.6. The average molecular weight is 448 g/mol. The van der Waals surface area contributed by atoms with E-state index in [4.69, 9.17) is 4.74 Å². The van der Waals surface area contributed by atoms with Crippen molar-refractivity contribution < 1.29 is 19.4 Å². The van der Waals surface area contributed by atoms with Crippen LogP contribution in [0.5, 0.6) is 5.75 Å². The third-order valence-electron chi connectivity index (χ3n) is 5.09. The second kappa shape index (κ2) is 8.76. The van der Waals surface area contributed by atoms with E-state index in [-0.39, 0.29) is 11.5 Å². The number of nitrogens with zero attached hydrogens (tertiary/aromatic N) is 2. The van der Waals surface area contributed by atoms with Crippen LogP contribution in [0.4, 0.5) is 5.69 Å². The molecule has 1 fully saturated rings. The van der Waals surface area contributed by atoms with Crippen molar-refractivity contribution in [2.45, 2.75) is 13.8 Å². The minimum atomic E-state index is -0.988. The molecule has 7 nitrogen and oxygen atoms in total. The quantitative estimate of drug-likeness (QED) is 0.554. The van der Waals surface area contributed by atoms with Gasteiger partial charge in [0.2, 0.25) is 0 Å². The van der Waals surface area contributed by atoms with Crippen LogP contribution in [0.1, 0.15) is 27.3 Å². The number of ether oxygens (including phenoxy) is 1. The molecule has 8 heteroatoms. The summed E-state index contributed by atoms with van der Waals surface area (Å²) in [6.45, 7) is 3.81. The standard InChI is InChI=1S/C24H21N3O4S/c1-14-12-16(15(2)27(14)20-7-5-4-6-19(20)23(29)30)13-21-22(28)26-24(32-21)25-17-8-10-18(31-3)11-9-17/h4-13H,1-3H3,(H,29,30)(H,25,26,28)/b21-13-. The van der Waals surface area contributed by atoms with Crippen LogP contribution < -0.4 is 10.1 Å². The van der Waals surface area contributed by atoms with Crippen molar-refractivity contribution in [1.82, 2.24) is 9.88 Å². The molecule has 1 saturated heterocycles. The van der Waals surface area contributed by atoms with Crippen LogP contribution in [0.25, 0.3) is 11.8 Å². The van der Waals surface area contributed by atoms with Gasteiger partial charge >= 0.3 is 5.97 Å². The lowest BCUT2D eigenvalue weighted by Crippen LogP contribution is -2.19. The lowest BCUT2D eigenvalue weighted by Gasteiger charge is -2.12. The molecule has 0 saturated carbocycles. The van der Waals surface area contributed by atoms with Crippen LogP contribution >= 0.6 is 11.8 Å². The summed E-state index contributed by atoms with van der Waals surface area (Å²) >= 11 is 1.26. The molecule has 1 aromatic heterocycles. The summed E-state index contributed by atoms with van der Waals surface area (Å²) in [5.74, 6) is -0.478. The number of nitrogens with one attached hydrogen (secondary N) is 1. The number of aliphatic imine (C=N–C) groups is 1. The number of aromatic carboxylic acids is 1. The van der Waals surface area contributed by atoms with E-state index in [0.717, 1.165) is 22.7 Å². The van der Waals surface area contributed by atoms with E-state index in [2.05, 4.69) is 10.3 Å². The van der Waals surface area contributed by atoms with Crippen molar-refractivity contribution in [3.8, 4) is 11.4 Å². The lowest BCUT2D eigenvalue weighted by atomic mass is 10.1. The molecule has 0 atom stereocenters. The van der Waals surface area contributed by atoms with E-state index in [9.17, 15) is 14.7 Å². The molecule has 1 aliphatic rings. The Morgan fingerprint density at radius 1 is 1.16 bits per heavy atom. The third kappa shape index (κ3) is 4.17. The van der Waals surface area contributed by atoms with E-state index < -0.39 is 5.97 Å². The van der Waals surface area contributed by atoms with Crippen LogP contribution in [0.2, 0.25) is 0 Å². The Bertz CT molecular complexity index is 1270. The summed E-state index contributed by atoms with van der Waals surface area (Å²) in [4.78, 5) is 29.2. The van der Waals surface area contributed by atoms with E-state index in [1.807, 2.05) is 36.6 Å². The topological polar surface area (TPSA) is 92.9 Å². The number of carboxylic acid groups (broad SMARTS) is 1. The second-order valence-electron chi connectivity index (χ2n) is 7.16. The van der Waals surface area contributed by atoms with E-state index in [0.29, 0.717) is 21.4 Å². The molecule has 2 aromatic carbocycles. The molecule has 162 valence electrons. The Morgan fingerprint density at radius 3 is 2.56 bits per heavy atom. The number of carbonyl (C=O) groups is 2. The largest absolute Gasteiger partial charge is 0.497 e. The predicted molar refractivity (Wildman–Crippen MR) is 126 cm³/mol. The Morgan fingerprint density at radius 2 is 1.88 bits per heavy atom. The number of rotatable bonds is 5. The van der Waals surface area contributed by atoms with Gasteiger partial charge in [0.15, 0.2) is 5.17 Å². The van der Waals surface area contributed by atoms with Gasteiger partial charge in [-0.25, -0.2) is 9.79 Å². The van der Waals surface area contributed by atoms with Crippen molar-refractivity contribution in [1.29, 1.82) is 0 Å². The summed E-state index contributed by atoms with van der Waals surface area (Å²) in [7, 11) is 1.60. The Kier molecular flexibility index (Phi) is 5.87. The highest BCUT2D eigenvalue weighted by Crippen LogP contribution is 2.31. The number of benzene rings is 2. The summed E-state index contributed by atoms with van der Waals surface area (Å²) in [5, 5.41) is 12.8. The zero-order chi connectivity index (χ0) is 22.8. The zero-order valence-electron chi connectivity index (χ0n) is 17.7. The summed E-state index contributed by atoms with van der Waals surface area (Å²) in [5.41, 5.74) is 4.07. The van der Waals surface area contributed by atoms with Crippen molar-refractivity contribution in [3.05, 3.63) is 82.0 Å². The maximum absolute atomic E-state index is 12.5. The smallest absolute Gasteiger partial charge is 0.337 e. The number of carboxylic acids is 1. The second-order valence-corrected chi connectivity index (χ2v) is 8.19. The molecule has 0 bridgehead atoms. The van der Waals surface area contributed by atoms with Gasteiger partial charge in [-0.2, -0.15) is 0 Å². The average Bonchev–Trinajstić information content (AvgIpc) is 3.26. The van der Waals surface area contributed by atoms with Crippen molar-refractivity contribution in [2.24, 2.45) is 4.99 Å². The molecule has 3 aromatic rings. The fourth-order valence-electron chi connectivity index (χ4n) is 3.55. The summed E-state index contributed by atoms with van der Waals surface area (Å²) in [6.07, 6.45) is 1.80. The van der Waals surface area contributed by atoms with Crippen molar-refractivity contribution in [2.75, 3.05) is 7.11 Å². The lowest BCUT2D eigenvalue weighted by molar-refractivity contribution is -0.115. The number of para-hydroxylation sites is 1. The Balaban J connectivity index is 1.65. The monoisotopic (exact) mass is 447 g/mol. The number of aryl methyl sites for hydroxylation is 1. The van der Waals surface area contributed by atoms with Crippen LogP contribution in [-0.2, 0) is 4.79 Å². The van der Waals surface area contributed by atoms with Crippen LogP contribution in [-0.4, -0.2) is 33.8 Å². The van der Waals surface area contributed by atoms with E-state index in [1.165, 1.54) is 11.8 Å².